The minimum atomic E-state index is -0.0961. The van der Waals surface area contributed by atoms with Gasteiger partial charge in [-0.2, -0.15) is 0 Å². The Labute approximate surface area is 135 Å². The molecule has 3 aliphatic heterocycles. The minimum absolute atomic E-state index is 0.00784. The lowest BCUT2D eigenvalue weighted by Gasteiger charge is -2.34. The molecular formula is C18H33N3O. The Balaban J connectivity index is 1.58. The molecule has 0 unspecified atom stereocenters. The number of nitrogens with zero attached hydrogens (tertiary/aromatic N) is 2. The lowest BCUT2D eigenvalue weighted by atomic mass is 9.90. The first-order chi connectivity index (χ1) is 10.4. The second kappa shape index (κ2) is 6.12. The zero-order valence-electron chi connectivity index (χ0n) is 14.8. The highest BCUT2D eigenvalue weighted by Crippen LogP contribution is 2.40. The molecular weight excluding hydrogens is 274 g/mol. The van der Waals surface area contributed by atoms with E-state index in [2.05, 4.69) is 42.8 Å². The van der Waals surface area contributed by atoms with Crippen molar-refractivity contribution in [3.63, 3.8) is 0 Å². The molecule has 3 heterocycles. The van der Waals surface area contributed by atoms with Gasteiger partial charge in [-0.3, -0.25) is 14.6 Å². The van der Waals surface area contributed by atoms with Crippen LogP contribution in [0, 0.1) is 11.8 Å². The molecule has 3 fully saturated rings. The maximum Gasteiger partial charge on any atom is 0.237 e. The third kappa shape index (κ3) is 3.05. The Kier molecular flexibility index (Phi) is 4.52. The summed E-state index contributed by atoms with van der Waals surface area (Å²) >= 11 is 0. The normalized spacial score (nSPS) is 34.3. The molecule has 0 radical (unpaired) electrons. The third-order valence-corrected chi connectivity index (χ3v) is 6.42. The standard InChI is InChI=1S/C18H33N3O/c1-5-18(3,4)19-17(22)13(2)21-11-14-10-20-9-7-6-8-16(20)15(14)12-21/h13-16H,5-12H2,1-4H3,(H,19,22)/t13-,14-,15-,16+/m0/s1. The molecule has 0 saturated carbocycles. The van der Waals surface area contributed by atoms with Crippen LogP contribution < -0.4 is 5.32 Å². The van der Waals surface area contributed by atoms with Crippen LogP contribution in [0.25, 0.3) is 0 Å². The van der Waals surface area contributed by atoms with E-state index in [-0.39, 0.29) is 17.5 Å². The number of nitrogens with one attached hydrogen (secondary N) is 1. The number of carbonyl (C=O) groups is 1. The molecule has 0 aliphatic carbocycles. The van der Waals surface area contributed by atoms with Crippen LogP contribution in [0.4, 0.5) is 0 Å². The summed E-state index contributed by atoms with van der Waals surface area (Å²) in [6, 6.07) is 0.805. The Morgan fingerprint density at radius 1 is 1.27 bits per heavy atom. The zero-order chi connectivity index (χ0) is 15.9. The third-order valence-electron chi connectivity index (χ3n) is 6.42. The van der Waals surface area contributed by atoms with Gasteiger partial charge in [0.15, 0.2) is 0 Å². The van der Waals surface area contributed by atoms with E-state index in [1.807, 2.05) is 0 Å². The van der Waals surface area contributed by atoms with Crippen molar-refractivity contribution in [2.24, 2.45) is 11.8 Å². The number of rotatable bonds is 4. The summed E-state index contributed by atoms with van der Waals surface area (Å²) in [5, 5.41) is 3.21. The van der Waals surface area contributed by atoms with Crippen LogP contribution in [0.3, 0.4) is 0 Å². The maximum absolute atomic E-state index is 12.5. The molecule has 3 saturated heterocycles. The van der Waals surface area contributed by atoms with E-state index < -0.39 is 0 Å². The van der Waals surface area contributed by atoms with Gasteiger partial charge in [0, 0.05) is 31.2 Å². The molecule has 4 nitrogen and oxygen atoms in total. The highest BCUT2D eigenvalue weighted by atomic mass is 16.2. The van der Waals surface area contributed by atoms with Crippen LogP contribution in [-0.2, 0) is 4.79 Å². The number of hydrogen-bond donors (Lipinski definition) is 1. The largest absolute Gasteiger partial charge is 0.350 e. The molecule has 0 aromatic rings. The van der Waals surface area contributed by atoms with Crippen molar-refractivity contribution in [2.75, 3.05) is 26.2 Å². The second-order valence-corrected chi connectivity index (χ2v) is 8.34. The molecule has 0 aromatic carbocycles. The number of piperidine rings is 1. The maximum atomic E-state index is 12.5. The van der Waals surface area contributed by atoms with Crippen LogP contribution >= 0.6 is 0 Å². The zero-order valence-corrected chi connectivity index (χ0v) is 14.8. The topological polar surface area (TPSA) is 35.6 Å². The number of likely N-dealkylation sites (tertiary alicyclic amines) is 1. The Bertz CT molecular complexity index is 423. The van der Waals surface area contributed by atoms with Crippen LogP contribution in [0.5, 0.6) is 0 Å². The van der Waals surface area contributed by atoms with Gasteiger partial charge in [0.25, 0.3) is 0 Å². The van der Waals surface area contributed by atoms with Crippen molar-refractivity contribution < 1.29 is 4.79 Å². The number of carbonyl (C=O) groups excluding carboxylic acids is 1. The van der Waals surface area contributed by atoms with Crippen molar-refractivity contribution >= 4 is 5.91 Å². The molecule has 1 amide bonds. The van der Waals surface area contributed by atoms with E-state index in [4.69, 9.17) is 0 Å². The van der Waals surface area contributed by atoms with Gasteiger partial charge in [0.1, 0.15) is 0 Å². The van der Waals surface area contributed by atoms with Crippen molar-refractivity contribution in [3.05, 3.63) is 0 Å². The summed E-state index contributed by atoms with van der Waals surface area (Å²) in [5.41, 5.74) is -0.0961. The monoisotopic (exact) mass is 307 g/mol. The Morgan fingerprint density at radius 2 is 2.05 bits per heavy atom. The van der Waals surface area contributed by atoms with Gasteiger partial charge in [0.05, 0.1) is 6.04 Å². The second-order valence-electron chi connectivity index (χ2n) is 8.34. The van der Waals surface area contributed by atoms with Crippen molar-refractivity contribution in [1.82, 2.24) is 15.1 Å². The first-order valence-corrected chi connectivity index (χ1v) is 9.21. The smallest absolute Gasteiger partial charge is 0.237 e. The number of fused-ring (bicyclic) bond motifs is 3. The van der Waals surface area contributed by atoms with Gasteiger partial charge < -0.3 is 5.32 Å². The first-order valence-electron chi connectivity index (χ1n) is 9.21. The lowest BCUT2D eigenvalue weighted by molar-refractivity contribution is -0.127. The highest BCUT2D eigenvalue weighted by molar-refractivity contribution is 5.82. The van der Waals surface area contributed by atoms with E-state index >= 15 is 0 Å². The van der Waals surface area contributed by atoms with Gasteiger partial charge in [-0.15, -0.1) is 0 Å². The van der Waals surface area contributed by atoms with E-state index in [0.29, 0.717) is 0 Å². The van der Waals surface area contributed by atoms with Gasteiger partial charge in [0.2, 0.25) is 5.91 Å². The van der Waals surface area contributed by atoms with E-state index in [9.17, 15) is 4.79 Å². The lowest BCUT2D eigenvalue weighted by Crippen LogP contribution is -2.52. The van der Waals surface area contributed by atoms with Crippen molar-refractivity contribution in [2.45, 2.75) is 71.0 Å². The van der Waals surface area contributed by atoms with Crippen LogP contribution in [0.2, 0.25) is 0 Å². The molecule has 0 spiro atoms. The summed E-state index contributed by atoms with van der Waals surface area (Å²) in [6.07, 6.45) is 5.11. The predicted octanol–water partition coefficient (Wildman–Crippen LogP) is 2.10. The summed E-state index contributed by atoms with van der Waals surface area (Å²) < 4.78 is 0. The molecule has 126 valence electrons. The molecule has 3 rings (SSSR count). The summed E-state index contributed by atoms with van der Waals surface area (Å²) in [5.74, 6) is 1.79. The van der Waals surface area contributed by atoms with Crippen LogP contribution in [0.15, 0.2) is 0 Å². The minimum Gasteiger partial charge on any atom is -0.350 e. The van der Waals surface area contributed by atoms with E-state index in [1.165, 1.54) is 32.4 Å². The van der Waals surface area contributed by atoms with Gasteiger partial charge >= 0.3 is 0 Å². The first kappa shape index (κ1) is 16.3. The van der Waals surface area contributed by atoms with Gasteiger partial charge in [-0.05, 0) is 58.4 Å². The predicted molar refractivity (Wildman–Crippen MR) is 89.7 cm³/mol. The number of amides is 1. The van der Waals surface area contributed by atoms with Gasteiger partial charge in [-0.25, -0.2) is 0 Å². The van der Waals surface area contributed by atoms with E-state index in [1.54, 1.807) is 0 Å². The Hall–Kier alpha value is -0.610. The summed E-state index contributed by atoms with van der Waals surface area (Å²) in [6.45, 7) is 13.2. The van der Waals surface area contributed by atoms with Gasteiger partial charge in [-0.1, -0.05) is 13.3 Å². The molecule has 1 N–H and O–H groups in total. The molecule has 3 aliphatic rings. The average molecular weight is 307 g/mol. The van der Waals surface area contributed by atoms with Crippen LogP contribution in [-0.4, -0.2) is 59.5 Å². The average Bonchev–Trinajstić information content (AvgIpc) is 3.03. The molecule has 4 atom stereocenters. The molecule has 22 heavy (non-hydrogen) atoms. The SMILES string of the molecule is CCC(C)(C)NC(=O)[C@H](C)N1C[C@@H]2CN3CCCC[C@@H]3[C@H]2C1. The molecule has 0 aromatic heterocycles. The molecule has 0 bridgehead atoms. The van der Waals surface area contributed by atoms with Crippen molar-refractivity contribution in [3.8, 4) is 0 Å². The fourth-order valence-electron chi connectivity index (χ4n) is 4.60. The Morgan fingerprint density at radius 3 is 2.77 bits per heavy atom. The highest BCUT2D eigenvalue weighted by Gasteiger charge is 2.48. The number of hydrogen-bond acceptors (Lipinski definition) is 3. The fraction of sp³-hybridized carbons (Fsp3) is 0.944. The quantitative estimate of drug-likeness (QED) is 0.864. The van der Waals surface area contributed by atoms with Crippen molar-refractivity contribution in [1.29, 1.82) is 0 Å². The fourth-order valence-corrected chi connectivity index (χ4v) is 4.60. The summed E-state index contributed by atoms with van der Waals surface area (Å²) in [4.78, 5) is 17.7. The molecule has 4 heteroatoms. The van der Waals surface area contributed by atoms with Crippen LogP contribution in [0.1, 0.15) is 53.4 Å². The summed E-state index contributed by atoms with van der Waals surface area (Å²) in [7, 11) is 0. The van der Waals surface area contributed by atoms with E-state index in [0.717, 1.165) is 37.4 Å².